The topological polar surface area (TPSA) is 76.1 Å². The highest BCUT2D eigenvalue weighted by Crippen LogP contribution is 2.50. The second-order valence-electron chi connectivity index (χ2n) is 6.84. The Morgan fingerprint density at radius 2 is 1.92 bits per heavy atom. The minimum absolute atomic E-state index is 0.00253. The lowest BCUT2D eigenvalue weighted by atomic mass is 9.70. The molecule has 0 spiro atoms. The number of allylic oxidation sites excluding steroid dienone is 3. The van der Waals surface area contributed by atoms with Gasteiger partial charge in [-0.15, -0.1) is 0 Å². The molecule has 6 heteroatoms. The van der Waals surface area contributed by atoms with E-state index in [-0.39, 0.29) is 22.7 Å². The van der Waals surface area contributed by atoms with Gasteiger partial charge in [0.25, 0.3) is 0 Å². The van der Waals surface area contributed by atoms with Gasteiger partial charge in [-0.2, -0.15) is 5.26 Å². The van der Waals surface area contributed by atoms with Gasteiger partial charge in [-0.25, -0.2) is 0 Å². The first-order chi connectivity index (χ1) is 11.2. The van der Waals surface area contributed by atoms with E-state index in [2.05, 4.69) is 6.07 Å². The van der Waals surface area contributed by atoms with Crippen LogP contribution in [0.5, 0.6) is 0 Å². The predicted octanol–water partition coefficient (Wildman–Crippen LogP) is 4.44. The van der Waals surface area contributed by atoms with Gasteiger partial charge in [-0.05, 0) is 17.5 Å². The molecule has 0 radical (unpaired) electrons. The molecule has 1 atom stereocenters. The van der Waals surface area contributed by atoms with E-state index < -0.39 is 5.92 Å². The molecule has 0 bridgehead atoms. The van der Waals surface area contributed by atoms with Crippen LogP contribution >= 0.6 is 23.2 Å². The predicted molar refractivity (Wildman–Crippen MR) is 92.2 cm³/mol. The van der Waals surface area contributed by atoms with Gasteiger partial charge in [0.05, 0.1) is 5.92 Å². The Hall–Kier alpha value is -1.96. The van der Waals surface area contributed by atoms with Crippen LogP contribution < -0.4 is 5.73 Å². The van der Waals surface area contributed by atoms with Crippen LogP contribution in [0.25, 0.3) is 0 Å². The minimum atomic E-state index is -0.691. The highest BCUT2D eigenvalue weighted by molar-refractivity contribution is 6.36. The lowest BCUT2D eigenvalue weighted by Gasteiger charge is -2.37. The van der Waals surface area contributed by atoms with E-state index in [4.69, 9.17) is 33.7 Å². The Labute approximate surface area is 150 Å². The lowest BCUT2D eigenvalue weighted by Crippen LogP contribution is -2.33. The van der Waals surface area contributed by atoms with E-state index in [1.807, 2.05) is 13.8 Å². The fourth-order valence-corrected chi connectivity index (χ4v) is 3.98. The number of ether oxygens (including phenoxy) is 1. The molecule has 0 fully saturated rings. The zero-order chi connectivity index (χ0) is 17.6. The van der Waals surface area contributed by atoms with Crippen molar-refractivity contribution in [1.82, 2.24) is 0 Å². The maximum Gasteiger partial charge on any atom is 0.205 e. The Bertz CT molecular complexity index is 827. The molecule has 1 unspecified atom stereocenters. The van der Waals surface area contributed by atoms with Crippen LogP contribution in [0.15, 0.2) is 41.0 Å². The van der Waals surface area contributed by atoms with E-state index in [0.29, 0.717) is 39.8 Å². The number of rotatable bonds is 1. The molecule has 0 saturated carbocycles. The normalized spacial score (nSPS) is 22.8. The first-order valence-corrected chi connectivity index (χ1v) is 8.28. The second kappa shape index (κ2) is 5.84. The number of Topliss-reactive ketones (excluding diaryl/α,β-unsaturated/α-hetero) is 1. The number of carbonyl (C=O) groups excluding carboxylic acids is 1. The van der Waals surface area contributed by atoms with E-state index in [0.717, 1.165) is 0 Å². The third-order valence-corrected chi connectivity index (χ3v) is 5.02. The standard InChI is InChI=1S/C18H16Cl2N2O2/c1-18(2)6-12(23)16-13(7-18)24-17(22)9(8-21)14(16)15-10(19)4-3-5-11(15)20/h3-5,14H,6-7,22H2,1-2H3. The van der Waals surface area contributed by atoms with Crippen molar-refractivity contribution in [2.45, 2.75) is 32.6 Å². The van der Waals surface area contributed by atoms with Crippen LogP contribution in [0.2, 0.25) is 10.0 Å². The molecule has 2 N–H and O–H groups in total. The number of halogens is 2. The summed E-state index contributed by atoms with van der Waals surface area (Å²) in [7, 11) is 0. The summed E-state index contributed by atoms with van der Waals surface area (Å²) in [4.78, 5) is 12.8. The van der Waals surface area contributed by atoms with Crippen molar-refractivity contribution < 1.29 is 9.53 Å². The molecule has 1 aromatic rings. The fourth-order valence-electron chi connectivity index (χ4n) is 3.36. The molecular weight excluding hydrogens is 347 g/mol. The van der Waals surface area contributed by atoms with Gasteiger partial charge < -0.3 is 10.5 Å². The lowest BCUT2D eigenvalue weighted by molar-refractivity contribution is -0.119. The number of benzene rings is 1. The summed E-state index contributed by atoms with van der Waals surface area (Å²) in [5, 5.41) is 10.3. The third-order valence-electron chi connectivity index (χ3n) is 4.36. The van der Waals surface area contributed by atoms with Crippen molar-refractivity contribution in [1.29, 1.82) is 5.26 Å². The molecule has 2 aliphatic rings. The molecule has 0 aromatic heterocycles. The number of hydrogen-bond acceptors (Lipinski definition) is 4. The van der Waals surface area contributed by atoms with Gasteiger partial charge in [0.2, 0.25) is 5.88 Å². The first-order valence-electron chi connectivity index (χ1n) is 7.53. The van der Waals surface area contributed by atoms with Crippen LogP contribution in [-0.2, 0) is 9.53 Å². The third kappa shape index (κ3) is 2.68. The summed E-state index contributed by atoms with van der Waals surface area (Å²) in [6, 6.07) is 7.14. The van der Waals surface area contributed by atoms with Crippen molar-refractivity contribution in [2.75, 3.05) is 0 Å². The number of nitrogens with zero attached hydrogens (tertiary/aromatic N) is 1. The maximum atomic E-state index is 12.8. The van der Waals surface area contributed by atoms with Gasteiger partial charge in [0.15, 0.2) is 5.78 Å². The van der Waals surface area contributed by atoms with E-state index in [9.17, 15) is 10.1 Å². The van der Waals surface area contributed by atoms with Crippen LogP contribution in [0, 0.1) is 16.7 Å². The quantitative estimate of drug-likeness (QED) is 0.800. The molecule has 0 amide bonds. The summed E-state index contributed by atoms with van der Waals surface area (Å²) in [5.74, 6) is -0.248. The molecular formula is C18H16Cl2N2O2. The van der Waals surface area contributed by atoms with Crippen molar-refractivity contribution >= 4 is 29.0 Å². The number of nitrogens with two attached hydrogens (primary N) is 1. The second-order valence-corrected chi connectivity index (χ2v) is 7.65. The zero-order valence-electron chi connectivity index (χ0n) is 13.3. The highest BCUT2D eigenvalue weighted by Gasteiger charge is 2.44. The van der Waals surface area contributed by atoms with Crippen molar-refractivity contribution in [3.05, 3.63) is 56.6 Å². The Morgan fingerprint density at radius 3 is 2.50 bits per heavy atom. The van der Waals surface area contributed by atoms with Gasteiger partial charge in [-0.3, -0.25) is 4.79 Å². The van der Waals surface area contributed by atoms with Crippen molar-refractivity contribution in [3.63, 3.8) is 0 Å². The fraction of sp³-hybridized carbons (Fsp3) is 0.333. The molecule has 1 heterocycles. The van der Waals surface area contributed by atoms with E-state index in [1.54, 1.807) is 18.2 Å². The summed E-state index contributed by atoms with van der Waals surface area (Å²) in [6.45, 7) is 3.99. The highest BCUT2D eigenvalue weighted by atomic mass is 35.5. The Morgan fingerprint density at radius 1 is 1.29 bits per heavy atom. The van der Waals surface area contributed by atoms with Crippen LogP contribution in [0.1, 0.15) is 38.2 Å². The van der Waals surface area contributed by atoms with Gasteiger partial charge in [0.1, 0.15) is 17.4 Å². The number of ketones is 1. The minimum Gasteiger partial charge on any atom is -0.444 e. The summed E-state index contributed by atoms with van der Waals surface area (Å²) >= 11 is 12.7. The van der Waals surface area contributed by atoms with Crippen LogP contribution in [-0.4, -0.2) is 5.78 Å². The molecule has 0 saturated heterocycles. The van der Waals surface area contributed by atoms with Crippen molar-refractivity contribution in [2.24, 2.45) is 11.1 Å². The van der Waals surface area contributed by atoms with Gasteiger partial charge in [-0.1, -0.05) is 43.1 Å². The number of hydrogen-bond donors (Lipinski definition) is 1. The largest absolute Gasteiger partial charge is 0.444 e. The maximum absolute atomic E-state index is 12.8. The average Bonchev–Trinajstić information content (AvgIpc) is 2.44. The zero-order valence-corrected chi connectivity index (χ0v) is 14.8. The molecule has 124 valence electrons. The smallest absolute Gasteiger partial charge is 0.205 e. The monoisotopic (exact) mass is 362 g/mol. The summed E-state index contributed by atoms with van der Waals surface area (Å²) in [5.41, 5.74) is 6.86. The van der Waals surface area contributed by atoms with Crippen molar-refractivity contribution in [3.8, 4) is 6.07 Å². The van der Waals surface area contributed by atoms with E-state index >= 15 is 0 Å². The van der Waals surface area contributed by atoms with Gasteiger partial charge >= 0.3 is 0 Å². The molecule has 24 heavy (non-hydrogen) atoms. The number of carbonyl (C=O) groups is 1. The molecule has 1 aliphatic heterocycles. The van der Waals surface area contributed by atoms with Crippen LogP contribution in [0.4, 0.5) is 0 Å². The Kier molecular flexibility index (Phi) is 4.11. The molecule has 3 rings (SSSR count). The molecule has 1 aliphatic carbocycles. The Balaban J connectivity index is 2.27. The molecule has 4 nitrogen and oxygen atoms in total. The number of nitriles is 1. The first kappa shape index (κ1) is 16.9. The summed E-state index contributed by atoms with van der Waals surface area (Å²) in [6.07, 6.45) is 0.929. The van der Waals surface area contributed by atoms with E-state index in [1.165, 1.54) is 0 Å². The van der Waals surface area contributed by atoms with Crippen LogP contribution in [0.3, 0.4) is 0 Å². The molecule has 1 aromatic carbocycles. The SMILES string of the molecule is CC1(C)CC(=O)C2=C(C1)OC(N)=C(C#N)C2c1c(Cl)cccc1Cl. The van der Waals surface area contributed by atoms with Gasteiger partial charge in [0, 0.05) is 34.0 Å². The summed E-state index contributed by atoms with van der Waals surface area (Å²) < 4.78 is 5.64. The average molecular weight is 363 g/mol.